The average molecular weight is 543 g/mol. The number of hydrogen-bond donors (Lipinski definition) is 1. The quantitative estimate of drug-likeness (QED) is 0.325. The van der Waals surface area contributed by atoms with Gasteiger partial charge >= 0.3 is 0 Å². The Bertz CT molecular complexity index is 1880. The van der Waals surface area contributed by atoms with E-state index in [1.807, 2.05) is 50.5 Å². The molecule has 9 nitrogen and oxygen atoms in total. The lowest BCUT2D eigenvalue weighted by molar-refractivity contribution is 0.220. The smallest absolute Gasteiger partial charge is 0.244 e. The number of pyridine rings is 2. The van der Waals surface area contributed by atoms with Crippen LogP contribution in [0, 0.1) is 24.1 Å². The fourth-order valence-electron chi connectivity index (χ4n) is 4.48. The number of aryl methyl sites for hydroxylation is 2. The third kappa shape index (κ3) is 5.07. The number of aromatic nitrogens is 4. The number of nitrogens with zero attached hydrogens (tertiary/aromatic N) is 5. The van der Waals surface area contributed by atoms with Gasteiger partial charge in [-0.3, -0.25) is 9.67 Å². The molecule has 0 aliphatic rings. The van der Waals surface area contributed by atoms with E-state index in [4.69, 9.17) is 9.88 Å². The normalized spacial score (nSPS) is 12.3. The summed E-state index contributed by atoms with van der Waals surface area (Å²) in [5.74, 6) is -1.20. The van der Waals surface area contributed by atoms with Crippen LogP contribution in [-0.4, -0.2) is 28.2 Å². The molecular formula is C28H23FN6O3S. The lowest BCUT2D eigenvalue weighted by Gasteiger charge is -2.20. The van der Waals surface area contributed by atoms with Gasteiger partial charge in [0.25, 0.3) is 0 Å². The molecule has 0 fully saturated rings. The Kier molecular flexibility index (Phi) is 6.59. The number of benzene rings is 2. The van der Waals surface area contributed by atoms with E-state index in [9.17, 15) is 18.1 Å². The van der Waals surface area contributed by atoms with E-state index in [1.165, 1.54) is 12.1 Å². The number of rotatable bonds is 6. The van der Waals surface area contributed by atoms with Gasteiger partial charge in [0.2, 0.25) is 10.0 Å². The van der Waals surface area contributed by atoms with Crippen LogP contribution in [-0.2, 0) is 17.1 Å². The van der Waals surface area contributed by atoms with Gasteiger partial charge < -0.3 is 4.74 Å². The third-order valence-electron chi connectivity index (χ3n) is 6.25. The highest BCUT2D eigenvalue weighted by Crippen LogP contribution is 2.35. The van der Waals surface area contributed by atoms with Crippen molar-refractivity contribution in [2.24, 2.45) is 12.2 Å². The van der Waals surface area contributed by atoms with E-state index < -0.39 is 26.8 Å². The summed E-state index contributed by atoms with van der Waals surface area (Å²) in [4.78, 5) is 8.44. The molecule has 2 N–H and O–H groups in total. The molecule has 0 bridgehead atoms. The Morgan fingerprint density at radius 3 is 2.56 bits per heavy atom. The van der Waals surface area contributed by atoms with Crippen molar-refractivity contribution in [1.29, 1.82) is 5.26 Å². The maximum Gasteiger partial charge on any atom is 0.244 e. The first kappa shape index (κ1) is 26.0. The van der Waals surface area contributed by atoms with Crippen molar-refractivity contribution < 1.29 is 17.5 Å². The van der Waals surface area contributed by atoms with Gasteiger partial charge in [0.1, 0.15) is 29.4 Å². The van der Waals surface area contributed by atoms with Gasteiger partial charge in [-0.25, -0.2) is 22.9 Å². The first-order chi connectivity index (χ1) is 18.5. The summed E-state index contributed by atoms with van der Waals surface area (Å²) in [5, 5.41) is 20.0. The number of ether oxygens (including phenoxy) is 1. The van der Waals surface area contributed by atoms with Gasteiger partial charge in [0.05, 0.1) is 17.4 Å². The van der Waals surface area contributed by atoms with E-state index in [1.54, 1.807) is 24.0 Å². The van der Waals surface area contributed by atoms with Crippen molar-refractivity contribution >= 4 is 20.9 Å². The van der Waals surface area contributed by atoms with Crippen molar-refractivity contribution in [3.8, 4) is 34.2 Å². The maximum absolute atomic E-state index is 14.4. The minimum atomic E-state index is -4.38. The summed E-state index contributed by atoms with van der Waals surface area (Å²) >= 11 is 0. The fourth-order valence-corrected chi connectivity index (χ4v) is 5.22. The minimum Gasteiger partial charge on any atom is -0.484 e. The number of halogens is 1. The van der Waals surface area contributed by atoms with Crippen molar-refractivity contribution in [3.63, 3.8) is 0 Å². The standard InChI is InChI=1S/C28H23FN6O3S/c1-16-9-20(17(2)38-27-6-4-5-23(29)28(27)39(31,36)37)22-11-21(26(12-30)34-25(22)10-16)18-7-8-24(32-13-18)19-14-33-35(3)15-19/h4-11,13-15,17H,1-3H3,(H2,31,36,37)/t17-/m0/s1. The van der Waals surface area contributed by atoms with Crippen LogP contribution in [0.5, 0.6) is 5.75 Å². The zero-order valence-electron chi connectivity index (χ0n) is 21.3. The van der Waals surface area contributed by atoms with Gasteiger partial charge in [0.15, 0.2) is 4.90 Å². The highest BCUT2D eigenvalue weighted by Gasteiger charge is 2.24. The van der Waals surface area contributed by atoms with Crippen LogP contribution < -0.4 is 9.88 Å². The molecular weight excluding hydrogens is 519 g/mol. The molecule has 0 aliphatic carbocycles. The Morgan fingerprint density at radius 1 is 1.13 bits per heavy atom. The summed E-state index contributed by atoms with van der Waals surface area (Å²) in [6, 6.07) is 15.1. The second-order valence-corrected chi connectivity index (χ2v) is 10.6. The lowest BCUT2D eigenvalue weighted by Crippen LogP contribution is -2.17. The van der Waals surface area contributed by atoms with E-state index in [0.29, 0.717) is 27.6 Å². The summed E-state index contributed by atoms with van der Waals surface area (Å²) in [5.41, 5.74) is 5.17. The summed E-state index contributed by atoms with van der Waals surface area (Å²) in [6.07, 6.45) is 4.53. The maximum atomic E-state index is 14.4. The van der Waals surface area contributed by atoms with Gasteiger partial charge in [-0.1, -0.05) is 18.2 Å². The van der Waals surface area contributed by atoms with Crippen molar-refractivity contribution in [2.45, 2.75) is 24.8 Å². The van der Waals surface area contributed by atoms with E-state index >= 15 is 0 Å². The molecule has 3 heterocycles. The average Bonchev–Trinajstić information content (AvgIpc) is 3.33. The largest absolute Gasteiger partial charge is 0.484 e. The van der Waals surface area contributed by atoms with Crippen LogP contribution >= 0.6 is 0 Å². The van der Waals surface area contributed by atoms with Gasteiger partial charge in [-0.2, -0.15) is 10.4 Å². The molecule has 0 saturated carbocycles. The zero-order valence-corrected chi connectivity index (χ0v) is 22.1. The number of hydrogen-bond acceptors (Lipinski definition) is 7. The number of primary sulfonamides is 1. The Morgan fingerprint density at radius 2 is 1.92 bits per heavy atom. The summed E-state index contributed by atoms with van der Waals surface area (Å²) in [6.45, 7) is 3.59. The van der Waals surface area contributed by atoms with Crippen LogP contribution in [0.1, 0.15) is 29.8 Å². The molecule has 0 aliphatic heterocycles. The van der Waals surface area contributed by atoms with E-state index in [0.717, 1.165) is 22.9 Å². The molecule has 0 radical (unpaired) electrons. The number of nitrogens with two attached hydrogens (primary N) is 1. The Labute approximate surface area is 224 Å². The SMILES string of the molecule is Cc1cc([C@H](C)Oc2cccc(F)c2S(N)(=O)=O)c2cc(-c3ccc(-c4cnn(C)c4)nc3)c(C#N)nc2c1. The van der Waals surface area contributed by atoms with Crippen LogP contribution in [0.4, 0.5) is 4.39 Å². The van der Waals surface area contributed by atoms with Crippen LogP contribution in [0.3, 0.4) is 0 Å². The molecule has 0 saturated heterocycles. The second-order valence-electron chi connectivity index (χ2n) is 9.12. The molecule has 5 aromatic rings. The molecule has 2 aromatic carbocycles. The predicted octanol–water partition coefficient (Wildman–Crippen LogP) is 4.80. The Hall–Kier alpha value is -4.66. The van der Waals surface area contributed by atoms with Crippen molar-refractivity contribution in [2.75, 3.05) is 0 Å². The first-order valence-corrected chi connectivity index (χ1v) is 13.4. The van der Waals surface area contributed by atoms with Crippen molar-refractivity contribution in [3.05, 3.63) is 89.8 Å². The highest BCUT2D eigenvalue weighted by molar-refractivity contribution is 7.89. The van der Waals surface area contributed by atoms with Gasteiger partial charge in [-0.05, 0) is 49.7 Å². The fraction of sp³-hybridized carbons (Fsp3) is 0.143. The number of sulfonamides is 1. The molecule has 1 atom stereocenters. The molecule has 0 spiro atoms. The molecule has 3 aromatic heterocycles. The van der Waals surface area contributed by atoms with Gasteiger partial charge in [-0.15, -0.1) is 0 Å². The summed E-state index contributed by atoms with van der Waals surface area (Å²) < 4.78 is 46.1. The molecule has 11 heteroatoms. The van der Waals surface area contributed by atoms with E-state index in [2.05, 4.69) is 21.1 Å². The lowest BCUT2D eigenvalue weighted by atomic mass is 9.96. The molecule has 5 rings (SSSR count). The topological polar surface area (TPSA) is 137 Å². The molecule has 0 amide bonds. The first-order valence-electron chi connectivity index (χ1n) is 11.8. The van der Waals surface area contributed by atoms with Crippen molar-refractivity contribution in [1.82, 2.24) is 19.7 Å². The minimum absolute atomic E-state index is 0.198. The van der Waals surface area contributed by atoms with Crippen LogP contribution in [0.2, 0.25) is 0 Å². The Balaban J connectivity index is 1.60. The van der Waals surface area contributed by atoms with Crippen LogP contribution in [0.15, 0.2) is 72.0 Å². The number of nitriles is 1. The third-order valence-corrected chi connectivity index (χ3v) is 7.21. The monoisotopic (exact) mass is 542 g/mol. The second kappa shape index (κ2) is 9.90. The van der Waals surface area contributed by atoms with Gasteiger partial charge in [0, 0.05) is 47.1 Å². The number of fused-ring (bicyclic) bond motifs is 1. The van der Waals surface area contributed by atoms with Crippen LogP contribution in [0.25, 0.3) is 33.3 Å². The predicted molar refractivity (Wildman–Crippen MR) is 143 cm³/mol. The molecule has 0 unspecified atom stereocenters. The molecule has 196 valence electrons. The molecule has 39 heavy (non-hydrogen) atoms. The van der Waals surface area contributed by atoms with E-state index in [-0.39, 0.29) is 11.4 Å². The summed E-state index contributed by atoms with van der Waals surface area (Å²) in [7, 11) is -2.55. The highest BCUT2D eigenvalue weighted by atomic mass is 32.2. The zero-order chi connectivity index (χ0) is 27.9.